The number of rotatable bonds is 8. The molecule has 0 unspecified atom stereocenters. The predicted octanol–water partition coefficient (Wildman–Crippen LogP) is 5.48. The maximum Gasteiger partial charge on any atom is 0.255 e. The van der Waals surface area contributed by atoms with Crippen LogP contribution >= 0.6 is 0 Å². The molecule has 1 saturated carbocycles. The zero-order valence-electron chi connectivity index (χ0n) is 25.1. The molecule has 1 aliphatic carbocycles. The Balaban J connectivity index is 0.975. The second kappa shape index (κ2) is 12.3. The fourth-order valence-corrected chi connectivity index (χ4v) is 6.67. The van der Waals surface area contributed by atoms with Crippen molar-refractivity contribution in [2.75, 3.05) is 18.8 Å². The van der Waals surface area contributed by atoms with E-state index < -0.39 is 0 Å². The SMILES string of the molecule is Cn1cc(-c2cnc(N)c(C(=O)N[C@H]3CCC[C@@H]3OCc3ccc(-c4ccc5c(ccn5C5CCNCC5)c4)cc3)c2)cn1. The third-order valence-electron chi connectivity index (χ3n) is 9.14. The standard InChI is InChI=1S/C35H39N7O2/c1-41-21-28(20-39-41)27-18-30(34(36)38-19-27)35(43)40-31-3-2-4-33(31)44-22-23-5-7-24(8-6-23)25-9-10-32-26(17-25)13-16-42(32)29-11-14-37-15-12-29/h5-10,13,16-21,29,31,33,37H,2-4,11-12,14-15,22H2,1H3,(H2,36,38)(H,40,43)/t31-,33-/m0/s1. The van der Waals surface area contributed by atoms with Crippen molar-refractivity contribution in [2.24, 2.45) is 7.05 Å². The van der Waals surface area contributed by atoms with Crippen molar-refractivity contribution < 1.29 is 9.53 Å². The van der Waals surface area contributed by atoms with Crippen LogP contribution in [0.2, 0.25) is 0 Å². The summed E-state index contributed by atoms with van der Waals surface area (Å²) in [4.78, 5) is 17.5. The van der Waals surface area contributed by atoms with Crippen LogP contribution in [0.4, 0.5) is 5.82 Å². The molecule has 2 aromatic carbocycles. The third-order valence-corrected chi connectivity index (χ3v) is 9.14. The van der Waals surface area contributed by atoms with Gasteiger partial charge in [-0.3, -0.25) is 9.48 Å². The third kappa shape index (κ3) is 5.85. The zero-order chi connectivity index (χ0) is 30.0. The Kier molecular flexibility index (Phi) is 7.89. The number of nitrogens with zero attached hydrogens (tertiary/aromatic N) is 4. The monoisotopic (exact) mass is 589 g/mol. The first-order chi connectivity index (χ1) is 21.5. The van der Waals surface area contributed by atoms with Crippen molar-refractivity contribution in [1.29, 1.82) is 0 Å². The van der Waals surface area contributed by atoms with Crippen LogP contribution < -0.4 is 16.4 Å². The average Bonchev–Trinajstić information content (AvgIpc) is 3.80. The van der Waals surface area contributed by atoms with E-state index in [1.165, 1.54) is 34.9 Å². The molecule has 2 fully saturated rings. The van der Waals surface area contributed by atoms with Crippen LogP contribution in [0.15, 0.2) is 79.4 Å². The van der Waals surface area contributed by atoms with Gasteiger partial charge in [0.15, 0.2) is 0 Å². The number of ether oxygens (including phenoxy) is 1. The summed E-state index contributed by atoms with van der Waals surface area (Å²) in [6.07, 6.45) is 12.6. The summed E-state index contributed by atoms with van der Waals surface area (Å²) in [5.41, 5.74) is 13.0. The van der Waals surface area contributed by atoms with Crippen molar-refractivity contribution >= 4 is 22.6 Å². The maximum atomic E-state index is 13.3. The number of pyridine rings is 1. The summed E-state index contributed by atoms with van der Waals surface area (Å²) in [7, 11) is 1.85. The van der Waals surface area contributed by atoms with Crippen molar-refractivity contribution in [3.8, 4) is 22.3 Å². The molecule has 1 aliphatic heterocycles. The predicted molar refractivity (Wildman–Crippen MR) is 173 cm³/mol. The normalized spacial score (nSPS) is 19.0. The van der Waals surface area contributed by atoms with Crippen LogP contribution in [0, 0.1) is 0 Å². The molecule has 4 N–H and O–H groups in total. The van der Waals surface area contributed by atoms with Gasteiger partial charge in [0, 0.05) is 53.7 Å². The highest BCUT2D eigenvalue weighted by Gasteiger charge is 2.30. The first-order valence-corrected chi connectivity index (χ1v) is 15.6. The van der Waals surface area contributed by atoms with E-state index >= 15 is 0 Å². The average molecular weight is 590 g/mol. The van der Waals surface area contributed by atoms with Crippen LogP contribution in [-0.2, 0) is 18.4 Å². The summed E-state index contributed by atoms with van der Waals surface area (Å²) in [5, 5.41) is 12.1. The van der Waals surface area contributed by atoms with E-state index in [0.29, 0.717) is 18.2 Å². The molecule has 1 saturated heterocycles. The number of hydrogen-bond acceptors (Lipinski definition) is 6. The lowest BCUT2D eigenvalue weighted by Gasteiger charge is -2.25. The van der Waals surface area contributed by atoms with Gasteiger partial charge in [-0.25, -0.2) is 4.98 Å². The zero-order valence-corrected chi connectivity index (χ0v) is 25.1. The highest BCUT2D eigenvalue weighted by Crippen LogP contribution is 2.30. The van der Waals surface area contributed by atoms with Crippen molar-refractivity contribution in [3.05, 3.63) is 90.5 Å². The van der Waals surface area contributed by atoms with Gasteiger partial charge in [-0.1, -0.05) is 30.3 Å². The fraction of sp³-hybridized carbons (Fsp3) is 0.343. The number of aryl methyl sites for hydroxylation is 1. The van der Waals surface area contributed by atoms with Gasteiger partial charge in [0.2, 0.25) is 0 Å². The van der Waals surface area contributed by atoms with Crippen molar-refractivity contribution in [3.63, 3.8) is 0 Å². The Morgan fingerprint density at radius 3 is 2.59 bits per heavy atom. The molecule has 2 aliphatic rings. The summed E-state index contributed by atoms with van der Waals surface area (Å²) in [6, 6.07) is 19.9. The van der Waals surface area contributed by atoms with Crippen LogP contribution in [0.25, 0.3) is 33.2 Å². The van der Waals surface area contributed by atoms with Gasteiger partial charge in [0.05, 0.1) is 30.5 Å². The summed E-state index contributed by atoms with van der Waals surface area (Å²) in [5.74, 6) is -0.0159. The van der Waals surface area contributed by atoms with Gasteiger partial charge in [-0.15, -0.1) is 0 Å². The number of anilines is 1. The number of carbonyl (C=O) groups excluding carboxylic acids is 1. The van der Waals surface area contributed by atoms with Crippen LogP contribution in [0.3, 0.4) is 0 Å². The van der Waals surface area contributed by atoms with E-state index in [2.05, 4.69) is 80.0 Å². The van der Waals surface area contributed by atoms with Gasteiger partial charge in [0.25, 0.3) is 5.91 Å². The van der Waals surface area contributed by atoms with Crippen molar-refractivity contribution in [1.82, 2.24) is 30.0 Å². The quantitative estimate of drug-likeness (QED) is 0.221. The molecule has 0 spiro atoms. The summed E-state index contributed by atoms with van der Waals surface area (Å²) >= 11 is 0. The van der Waals surface area contributed by atoms with Gasteiger partial charge in [-0.05, 0) is 86.1 Å². The molecule has 44 heavy (non-hydrogen) atoms. The molecule has 0 bridgehead atoms. The van der Waals surface area contributed by atoms with E-state index in [0.717, 1.165) is 49.0 Å². The molecule has 1 amide bonds. The Labute approximate surface area is 257 Å². The van der Waals surface area contributed by atoms with Crippen LogP contribution in [-0.4, -0.2) is 50.5 Å². The smallest absolute Gasteiger partial charge is 0.255 e. The van der Waals surface area contributed by atoms with Gasteiger partial charge in [-0.2, -0.15) is 5.10 Å². The highest BCUT2D eigenvalue weighted by atomic mass is 16.5. The summed E-state index contributed by atoms with van der Waals surface area (Å²) in [6.45, 7) is 2.67. The lowest BCUT2D eigenvalue weighted by atomic mass is 10.0. The number of carbonyl (C=O) groups is 1. The van der Waals surface area contributed by atoms with Crippen LogP contribution in [0.1, 0.15) is 54.1 Å². The minimum atomic E-state index is -0.228. The molecule has 5 aromatic rings. The molecule has 226 valence electrons. The number of nitrogens with two attached hydrogens (primary N) is 1. The second-order valence-corrected chi connectivity index (χ2v) is 12.1. The van der Waals surface area contributed by atoms with Gasteiger partial charge >= 0.3 is 0 Å². The minimum absolute atomic E-state index is 0.0549. The number of hydrogen-bond donors (Lipinski definition) is 3. The molecule has 0 radical (unpaired) electrons. The number of piperidine rings is 1. The number of fused-ring (bicyclic) bond motifs is 1. The molecule has 9 nitrogen and oxygen atoms in total. The van der Waals surface area contributed by atoms with E-state index in [9.17, 15) is 4.79 Å². The van der Waals surface area contributed by atoms with Crippen molar-refractivity contribution in [2.45, 2.75) is 56.9 Å². The Morgan fingerprint density at radius 2 is 1.80 bits per heavy atom. The molecule has 3 aromatic heterocycles. The van der Waals surface area contributed by atoms with Crippen LogP contribution in [0.5, 0.6) is 0 Å². The lowest BCUT2D eigenvalue weighted by molar-refractivity contribution is 0.0272. The largest absolute Gasteiger partial charge is 0.383 e. The first-order valence-electron chi connectivity index (χ1n) is 15.6. The topological polar surface area (TPSA) is 112 Å². The molecule has 7 rings (SSSR count). The summed E-state index contributed by atoms with van der Waals surface area (Å²) < 4.78 is 10.5. The van der Waals surface area contributed by atoms with Gasteiger partial charge in [0.1, 0.15) is 5.82 Å². The number of nitrogens with one attached hydrogen (secondary N) is 2. The number of amides is 1. The van der Waals surface area contributed by atoms with E-state index in [-0.39, 0.29) is 23.9 Å². The number of nitrogen functional groups attached to an aromatic ring is 1. The maximum absolute atomic E-state index is 13.3. The van der Waals surface area contributed by atoms with E-state index in [1.54, 1.807) is 23.1 Å². The molecular formula is C35H39N7O2. The lowest BCUT2D eigenvalue weighted by Crippen LogP contribution is -2.41. The van der Waals surface area contributed by atoms with E-state index in [4.69, 9.17) is 10.5 Å². The molecule has 9 heteroatoms. The molecule has 4 heterocycles. The molecular weight excluding hydrogens is 550 g/mol. The number of aromatic nitrogens is 4. The minimum Gasteiger partial charge on any atom is -0.383 e. The van der Waals surface area contributed by atoms with Gasteiger partial charge < -0.3 is 25.7 Å². The molecule has 2 atom stereocenters. The Bertz CT molecular complexity index is 1770. The Morgan fingerprint density at radius 1 is 0.977 bits per heavy atom. The highest BCUT2D eigenvalue weighted by molar-refractivity contribution is 5.99. The van der Waals surface area contributed by atoms with E-state index in [1.807, 2.05) is 13.2 Å². The fourth-order valence-electron chi connectivity index (χ4n) is 6.67. The first kappa shape index (κ1) is 28.3. The second-order valence-electron chi connectivity index (χ2n) is 12.1. The number of benzene rings is 2. The Hall–Kier alpha value is -4.47.